The van der Waals surface area contributed by atoms with Gasteiger partial charge in [0.15, 0.2) is 0 Å². The van der Waals surface area contributed by atoms with Crippen molar-refractivity contribution in [3.63, 3.8) is 0 Å². The molecule has 21 heavy (non-hydrogen) atoms. The highest BCUT2D eigenvalue weighted by Gasteiger charge is 2.44. The lowest BCUT2D eigenvalue weighted by Crippen LogP contribution is -2.67. The van der Waals surface area contributed by atoms with Gasteiger partial charge in [0.2, 0.25) is 0 Å². The molecule has 3 unspecified atom stereocenters. The minimum atomic E-state index is 0.0715. The van der Waals surface area contributed by atoms with Crippen molar-refractivity contribution < 1.29 is 9.47 Å². The summed E-state index contributed by atoms with van der Waals surface area (Å²) in [5.74, 6) is 0.613. The van der Waals surface area contributed by atoms with Gasteiger partial charge < -0.3 is 15.2 Å². The molecule has 5 nitrogen and oxygen atoms in total. The molecule has 5 heterocycles. The molecular formula is C16H29N3O2. The Labute approximate surface area is 127 Å². The molecule has 2 bridgehead atoms. The smallest absolute Gasteiger partial charge is 0.0729 e. The van der Waals surface area contributed by atoms with Gasteiger partial charge in [0.05, 0.1) is 5.60 Å². The number of rotatable bonds is 2. The summed E-state index contributed by atoms with van der Waals surface area (Å²) >= 11 is 0. The number of hydrogen-bond acceptors (Lipinski definition) is 5. The minimum Gasteiger partial charge on any atom is -0.381 e. The Bertz CT molecular complexity index is 359. The largest absolute Gasteiger partial charge is 0.381 e. The zero-order chi connectivity index (χ0) is 14.3. The van der Waals surface area contributed by atoms with Crippen molar-refractivity contribution in [1.29, 1.82) is 0 Å². The number of piperazine rings is 3. The van der Waals surface area contributed by atoms with E-state index in [9.17, 15) is 0 Å². The van der Waals surface area contributed by atoms with Crippen molar-refractivity contribution in [2.24, 2.45) is 11.7 Å². The van der Waals surface area contributed by atoms with Crippen molar-refractivity contribution in [2.45, 2.75) is 43.4 Å². The van der Waals surface area contributed by atoms with Crippen LogP contribution in [0.25, 0.3) is 0 Å². The fourth-order valence-electron chi connectivity index (χ4n) is 4.82. The van der Waals surface area contributed by atoms with E-state index in [1.54, 1.807) is 0 Å². The molecule has 5 saturated heterocycles. The maximum absolute atomic E-state index is 6.74. The molecule has 0 aromatic carbocycles. The fraction of sp³-hybridized carbons (Fsp3) is 1.00. The summed E-state index contributed by atoms with van der Waals surface area (Å²) in [5, 5.41) is 0. The predicted octanol–water partition coefficient (Wildman–Crippen LogP) is 0.289. The zero-order valence-corrected chi connectivity index (χ0v) is 13.0. The van der Waals surface area contributed by atoms with Crippen LogP contribution in [-0.2, 0) is 9.47 Å². The molecule has 5 rings (SSSR count). The lowest BCUT2D eigenvalue weighted by atomic mass is 9.75. The summed E-state index contributed by atoms with van der Waals surface area (Å²) in [5.41, 5.74) is 6.82. The van der Waals surface area contributed by atoms with Gasteiger partial charge in [-0.25, -0.2) is 0 Å². The fourth-order valence-corrected chi connectivity index (χ4v) is 4.82. The molecule has 1 spiro atoms. The monoisotopic (exact) mass is 295 g/mol. The van der Waals surface area contributed by atoms with Gasteiger partial charge in [0.1, 0.15) is 0 Å². The first kappa shape index (κ1) is 14.4. The van der Waals surface area contributed by atoms with Crippen LogP contribution in [0.2, 0.25) is 0 Å². The van der Waals surface area contributed by atoms with E-state index in [-0.39, 0.29) is 5.60 Å². The first-order valence-electron chi connectivity index (χ1n) is 8.69. The minimum absolute atomic E-state index is 0.0715. The SMILES string of the molecule is NC(C1CCOC2(CCOCC2)C1)C1CN2CCN1CC2. The Morgan fingerprint density at radius 3 is 2.48 bits per heavy atom. The van der Waals surface area contributed by atoms with Gasteiger partial charge in [-0.1, -0.05) is 0 Å². The first-order chi connectivity index (χ1) is 10.3. The average molecular weight is 295 g/mol. The second-order valence-electron chi connectivity index (χ2n) is 7.38. The molecule has 0 amide bonds. The lowest BCUT2D eigenvalue weighted by Gasteiger charge is -2.52. The quantitative estimate of drug-likeness (QED) is 0.793. The molecule has 5 aliphatic rings. The van der Waals surface area contributed by atoms with Crippen LogP contribution in [-0.4, -0.2) is 80.0 Å². The normalized spacial score (nSPS) is 43.9. The number of nitrogens with zero attached hydrogens (tertiary/aromatic N) is 2. The Morgan fingerprint density at radius 2 is 1.81 bits per heavy atom. The molecule has 0 aromatic heterocycles. The first-order valence-corrected chi connectivity index (χ1v) is 8.69. The number of fused-ring (bicyclic) bond motifs is 3. The average Bonchev–Trinajstić information content (AvgIpc) is 2.56. The standard InChI is InChI=1S/C16H29N3O2/c17-15(14-12-18-4-6-19(14)7-5-18)13-1-8-21-16(11-13)2-9-20-10-3-16/h13-15H,1-12,17H2. The van der Waals surface area contributed by atoms with Gasteiger partial charge in [-0.2, -0.15) is 0 Å². The highest BCUT2D eigenvalue weighted by atomic mass is 16.5. The Balaban J connectivity index is 1.43. The van der Waals surface area contributed by atoms with E-state index in [0.29, 0.717) is 18.0 Å². The van der Waals surface area contributed by atoms with E-state index < -0.39 is 0 Å². The van der Waals surface area contributed by atoms with E-state index in [1.807, 2.05) is 0 Å². The maximum atomic E-state index is 6.74. The van der Waals surface area contributed by atoms with E-state index in [2.05, 4.69) is 9.80 Å². The van der Waals surface area contributed by atoms with Crippen molar-refractivity contribution in [3.8, 4) is 0 Å². The van der Waals surface area contributed by atoms with Crippen molar-refractivity contribution >= 4 is 0 Å². The topological polar surface area (TPSA) is 51.0 Å². The third-order valence-corrected chi connectivity index (χ3v) is 6.24. The van der Waals surface area contributed by atoms with Gasteiger partial charge in [-0.3, -0.25) is 9.80 Å². The Hall–Kier alpha value is -0.200. The van der Waals surface area contributed by atoms with Gasteiger partial charge in [0.25, 0.3) is 0 Å². The van der Waals surface area contributed by atoms with E-state index in [1.165, 1.54) is 32.7 Å². The van der Waals surface area contributed by atoms with Crippen LogP contribution in [0.3, 0.4) is 0 Å². The van der Waals surface area contributed by atoms with Crippen LogP contribution < -0.4 is 5.73 Å². The summed E-state index contributed by atoms with van der Waals surface area (Å²) in [6.07, 6.45) is 4.38. The number of nitrogens with two attached hydrogens (primary N) is 1. The number of hydrogen-bond donors (Lipinski definition) is 1. The number of ether oxygens (including phenoxy) is 2. The molecule has 2 N–H and O–H groups in total. The molecule has 0 aliphatic carbocycles. The van der Waals surface area contributed by atoms with Gasteiger partial charge >= 0.3 is 0 Å². The molecule has 3 atom stereocenters. The van der Waals surface area contributed by atoms with Gasteiger partial charge in [0, 0.05) is 64.6 Å². The summed E-state index contributed by atoms with van der Waals surface area (Å²) in [7, 11) is 0. The zero-order valence-electron chi connectivity index (χ0n) is 13.0. The third-order valence-electron chi connectivity index (χ3n) is 6.24. The Kier molecular flexibility index (Phi) is 3.96. The van der Waals surface area contributed by atoms with E-state index in [0.717, 1.165) is 45.5 Å². The van der Waals surface area contributed by atoms with E-state index in [4.69, 9.17) is 15.2 Å². The molecule has 0 radical (unpaired) electrons. The molecule has 5 heteroatoms. The van der Waals surface area contributed by atoms with Crippen LogP contribution in [0.4, 0.5) is 0 Å². The van der Waals surface area contributed by atoms with Gasteiger partial charge in [-0.05, 0) is 31.6 Å². The van der Waals surface area contributed by atoms with Crippen molar-refractivity contribution in [2.75, 3.05) is 52.5 Å². The van der Waals surface area contributed by atoms with Crippen molar-refractivity contribution in [3.05, 3.63) is 0 Å². The highest BCUT2D eigenvalue weighted by Crippen LogP contribution is 2.39. The summed E-state index contributed by atoms with van der Waals surface area (Å²) in [4.78, 5) is 5.23. The maximum Gasteiger partial charge on any atom is 0.0729 e. The Morgan fingerprint density at radius 1 is 1.05 bits per heavy atom. The van der Waals surface area contributed by atoms with Crippen LogP contribution in [0, 0.1) is 5.92 Å². The predicted molar refractivity (Wildman–Crippen MR) is 81.2 cm³/mol. The molecule has 120 valence electrons. The van der Waals surface area contributed by atoms with Crippen LogP contribution in [0.15, 0.2) is 0 Å². The third kappa shape index (κ3) is 2.75. The molecular weight excluding hydrogens is 266 g/mol. The second-order valence-corrected chi connectivity index (χ2v) is 7.38. The van der Waals surface area contributed by atoms with Crippen LogP contribution in [0.1, 0.15) is 25.7 Å². The summed E-state index contributed by atoms with van der Waals surface area (Å²) < 4.78 is 11.7. The molecule has 5 aliphatic heterocycles. The van der Waals surface area contributed by atoms with Gasteiger partial charge in [-0.15, -0.1) is 0 Å². The highest BCUT2D eigenvalue weighted by molar-refractivity contribution is 4.99. The van der Waals surface area contributed by atoms with Crippen LogP contribution >= 0.6 is 0 Å². The second kappa shape index (κ2) is 5.78. The molecule has 0 saturated carbocycles. The summed E-state index contributed by atoms with van der Waals surface area (Å²) in [6, 6.07) is 0.865. The molecule has 0 aromatic rings. The summed E-state index contributed by atoms with van der Waals surface area (Å²) in [6.45, 7) is 8.65. The molecule has 5 fully saturated rings. The van der Waals surface area contributed by atoms with E-state index >= 15 is 0 Å². The lowest BCUT2D eigenvalue weighted by molar-refractivity contribution is -0.152. The van der Waals surface area contributed by atoms with Crippen molar-refractivity contribution in [1.82, 2.24) is 9.80 Å². The van der Waals surface area contributed by atoms with Crippen LogP contribution in [0.5, 0.6) is 0 Å².